The van der Waals surface area contributed by atoms with Gasteiger partial charge in [0.2, 0.25) is 0 Å². The summed E-state index contributed by atoms with van der Waals surface area (Å²) in [5, 5.41) is 1.70. The van der Waals surface area contributed by atoms with Gasteiger partial charge in [0.15, 0.2) is 0 Å². The van der Waals surface area contributed by atoms with Crippen LogP contribution in [-0.2, 0) is 0 Å². The number of aromatic amines is 1. The summed E-state index contributed by atoms with van der Waals surface area (Å²) in [5.74, 6) is -0.405. The second-order valence-electron chi connectivity index (χ2n) is 4.15. The van der Waals surface area contributed by atoms with Crippen LogP contribution in [0.2, 0.25) is 5.02 Å². The SMILES string of the molecule is Nc1cc(-c2cc3cc(Cl)ccc3[nH]2)ccc1F. The Kier molecular flexibility index (Phi) is 2.49. The molecule has 0 amide bonds. The quantitative estimate of drug-likeness (QED) is 0.632. The molecular formula is C14H10ClFN2. The molecule has 0 radical (unpaired) electrons. The first kappa shape index (κ1) is 11.1. The number of nitrogen functional groups attached to an aromatic ring is 1. The number of H-pyrrole nitrogens is 1. The highest BCUT2D eigenvalue weighted by molar-refractivity contribution is 6.31. The number of hydrogen-bond donors (Lipinski definition) is 2. The molecule has 0 spiro atoms. The van der Waals surface area contributed by atoms with Crippen molar-refractivity contribution < 1.29 is 4.39 Å². The van der Waals surface area contributed by atoms with E-state index in [-0.39, 0.29) is 5.69 Å². The Morgan fingerprint density at radius 1 is 1.06 bits per heavy atom. The minimum Gasteiger partial charge on any atom is -0.396 e. The molecule has 0 aliphatic carbocycles. The number of aromatic nitrogens is 1. The standard InChI is InChI=1S/C14H10ClFN2/c15-10-2-4-13-9(5-10)7-14(18-13)8-1-3-11(16)12(17)6-8/h1-7,18H,17H2. The van der Waals surface area contributed by atoms with Crippen LogP contribution in [0.25, 0.3) is 22.2 Å². The topological polar surface area (TPSA) is 41.8 Å². The van der Waals surface area contributed by atoms with Gasteiger partial charge in [-0.05, 0) is 42.5 Å². The maximum absolute atomic E-state index is 13.1. The van der Waals surface area contributed by atoms with Crippen LogP contribution in [0, 0.1) is 5.82 Å². The van der Waals surface area contributed by atoms with Crippen molar-refractivity contribution in [1.82, 2.24) is 4.98 Å². The van der Waals surface area contributed by atoms with Crippen LogP contribution in [-0.4, -0.2) is 4.98 Å². The Labute approximate surface area is 108 Å². The van der Waals surface area contributed by atoms with E-state index in [0.717, 1.165) is 22.2 Å². The van der Waals surface area contributed by atoms with Crippen molar-refractivity contribution in [2.45, 2.75) is 0 Å². The molecule has 18 heavy (non-hydrogen) atoms. The summed E-state index contributed by atoms with van der Waals surface area (Å²) in [6.45, 7) is 0. The monoisotopic (exact) mass is 260 g/mol. The summed E-state index contributed by atoms with van der Waals surface area (Å²) in [5.41, 5.74) is 8.43. The molecule has 2 nitrogen and oxygen atoms in total. The predicted octanol–water partition coefficient (Wildman–Crippen LogP) is 4.21. The summed E-state index contributed by atoms with van der Waals surface area (Å²) in [4.78, 5) is 3.25. The fraction of sp³-hybridized carbons (Fsp3) is 0. The van der Waals surface area contributed by atoms with Crippen molar-refractivity contribution in [2.24, 2.45) is 0 Å². The summed E-state index contributed by atoms with van der Waals surface area (Å²) in [6, 6.07) is 12.2. The van der Waals surface area contributed by atoms with Gasteiger partial charge >= 0.3 is 0 Å². The van der Waals surface area contributed by atoms with Gasteiger partial charge in [0.25, 0.3) is 0 Å². The van der Waals surface area contributed by atoms with Gasteiger partial charge in [-0.1, -0.05) is 11.6 Å². The summed E-state index contributed by atoms with van der Waals surface area (Å²) < 4.78 is 13.1. The summed E-state index contributed by atoms with van der Waals surface area (Å²) in [7, 11) is 0. The van der Waals surface area contributed by atoms with Crippen molar-refractivity contribution in [2.75, 3.05) is 5.73 Å². The lowest BCUT2D eigenvalue weighted by Gasteiger charge is -2.00. The number of benzene rings is 2. The van der Waals surface area contributed by atoms with E-state index in [4.69, 9.17) is 17.3 Å². The van der Waals surface area contributed by atoms with E-state index >= 15 is 0 Å². The smallest absolute Gasteiger partial charge is 0.146 e. The highest BCUT2D eigenvalue weighted by Crippen LogP contribution is 2.27. The third-order valence-electron chi connectivity index (χ3n) is 2.89. The van der Waals surface area contributed by atoms with Gasteiger partial charge in [-0.3, -0.25) is 0 Å². The van der Waals surface area contributed by atoms with Crippen LogP contribution in [0.5, 0.6) is 0 Å². The van der Waals surface area contributed by atoms with Gasteiger partial charge < -0.3 is 10.7 Å². The van der Waals surface area contributed by atoms with Crippen molar-refractivity contribution in [3.8, 4) is 11.3 Å². The lowest BCUT2D eigenvalue weighted by molar-refractivity contribution is 0.632. The number of hydrogen-bond acceptors (Lipinski definition) is 1. The average molecular weight is 261 g/mol. The Morgan fingerprint density at radius 3 is 2.67 bits per heavy atom. The molecule has 0 saturated carbocycles. The van der Waals surface area contributed by atoms with Gasteiger partial charge in [0, 0.05) is 27.2 Å². The minimum atomic E-state index is -0.405. The fourth-order valence-electron chi connectivity index (χ4n) is 1.97. The molecule has 3 N–H and O–H groups in total. The van der Waals surface area contributed by atoms with E-state index in [1.54, 1.807) is 12.1 Å². The zero-order valence-electron chi connectivity index (χ0n) is 9.37. The highest BCUT2D eigenvalue weighted by Gasteiger charge is 2.06. The number of halogens is 2. The zero-order valence-corrected chi connectivity index (χ0v) is 10.1. The van der Waals surface area contributed by atoms with Gasteiger partial charge in [0.05, 0.1) is 5.69 Å². The third kappa shape index (κ3) is 1.83. The number of rotatable bonds is 1. The molecule has 90 valence electrons. The molecule has 3 rings (SSSR count). The zero-order chi connectivity index (χ0) is 12.7. The summed E-state index contributed by atoms with van der Waals surface area (Å²) >= 11 is 5.94. The van der Waals surface area contributed by atoms with Crippen LogP contribution in [0.15, 0.2) is 42.5 Å². The minimum absolute atomic E-state index is 0.143. The molecule has 0 aliphatic rings. The van der Waals surface area contributed by atoms with Crippen LogP contribution in [0.1, 0.15) is 0 Å². The van der Waals surface area contributed by atoms with Crippen LogP contribution in [0.4, 0.5) is 10.1 Å². The molecule has 0 fully saturated rings. The van der Waals surface area contributed by atoms with Gasteiger partial charge in [0.1, 0.15) is 5.82 Å². The second-order valence-corrected chi connectivity index (χ2v) is 4.59. The van der Waals surface area contributed by atoms with E-state index in [1.165, 1.54) is 6.07 Å². The lowest BCUT2D eigenvalue weighted by Crippen LogP contribution is -1.90. The Morgan fingerprint density at radius 2 is 1.89 bits per heavy atom. The lowest BCUT2D eigenvalue weighted by atomic mass is 10.1. The Hall–Kier alpha value is -2.00. The fourth-order valence-corrected chi connectivity index (χ4v) is 2.15. The number of nitrogens with one attached hydrogen (secondary N) is 1. The second kappa shape index (κ2) is 4.03. The van der Waals surface area contributed by atoms with Crippen LogP contribution < -0.4 is 5.73 Å². The van der Waals surface area contributed by atoms with Crippen molar-refractivity contribution in [3.05, 3.63) is 53.3 Å². The van der Waals surface area contributed by atoms with Crippen LogP contribution in [0.3, 0.4) is 0 Å². The maximum atomic E-state index is 13.1. The molecule has 0 bridgehead atoms. The molecule has 0 atom stereocenters. The van der Waals surface area contributed by atoms with Gasteiger partial charge in [-0.15, -0.1) is 0 Å². The Balaban J connectivity index is 2.16. The van der Waals surface area contributed by atoms with Gasteiger partial charge in [-0.2, -0.15) is 0 Å². The molecule has 4 heteroatoms. The maximum Gasteiger partial charge on any atom is 0.146 e. The first-order valence-corrected chi connectivity index (χ1v) is 5.85. The third-order valence-corrected chi connectivity index (χ3v) is 3.12. The molecule has 1 aromatic heterocycles. The van der Waals surface area contributed by atoms with Crippen molar-refractivity contribution >= 4 is 28.2 Å². The Bertz CT molecular complexity index is 734. The molecule has 0 unspecified atom stereocenters. The first-order chi connectivity index (χ1) is 8.63. The average Bonchev–Trinajstić information content (AvgIpc) is 2.75. The van der Waals surface area contributed by atoms with Crippen molar-refractivity contribution in [1.29, 1.82) is 0 Å². The summed E-state index contributed by atoms with van der Waals surface area (Å²) in [6.07, 6.45) is 0. The largest absolute Gasteiger partial charge is 0.396 e. The van der Waals surface area contributed by atoms with Gasteiger partial charge in [-0.25, -0.2) is 4.39 Å². The van der Waals surface area contributed by atoms with E-state index in [0.29, 0.717) is 5.02 Å². The van der Waals surface area contributed by atoms with E-state index in [2.05, 4.69) is 4.98 Å². The van der Waals surface area contributed by atoms with Crippen molar-refractivity contribution in [3.63, 3.8) is 0 Å². The van der Waals surface area contributed by atoms with E-state index in [9.17, 15) is 4.39 Å². The molecule has 1 heterocycles. The highest BCUT2D eigenvalue weighted by atomic mass is 35.5. The molecule has 3 aromatic rings. The van der Waals surface area contributed by atoms with E-state index < -0.39 is 5.82 Å². The normalized spacial score (nSPS) is 11.0. The number of fused-ring (bicyclic) bond motifs is 1. The van der Waals surface area contributed by atoms with Crippen LogP contribution >= 0.6 is 11.6 Å². The first-order valence-electron chi connectivity index (χ1n) is 5.47. The number of anilines is 1. The number of nitrogens with two attached hydrogens (primary N) is 1. The molecule has 0 saturated heterocycles. The molecule has 2 aromatic carbocycles. The molecular weight excluding hydrogens is 251 g/mol. The van der Waals surface area contributed by atoms with E-state index in [1.807, 2.05) is 24.3 Å². The molecule has 0 aliphatic heterocycles. The predicted molar refractivity (Wildman–Crippen MR) is 73.1 cm³/mol.